The van der Waals surface area contributed by atoms with Crippen molar-refractivity contribution >= 4 is 0 Å². The predicted octanol–water partition coefficient (Wildman–Crippen LogP) is 4.14. The van der Waals surface area contributed by atoms with Gasteiger partial charge in [-0.3, -0.25) is 9.97 Å². The third-order valence-electron chi connectivity index (χ3n) is 2.53. The molecule has 0 atom stereocenters. The third-order valence-corrected chi connectivity index (χ3v) is 2.53. The molecule has 0 aliphatic carbocycles. The van der Waals surface area contributed by atoms with Gasteiger partial charge in [0.2, 0.25) is 0 Å². The number of pyridine rings is 2. The number of benzene rings is 1. The quantitative estimate of drug-likeness (QED) is 0.647. The van der Waals surface area contributed by atoms with Crippen LogP contribution in [-0.2, 0) is 0 Å². The normalized spacial score (nSPS) is 9.32. The van der Waals surface area contributed by atoms with E-state index in [1.165, 1.54) is 5.56 Å². The number of aromatic nitrogens is 2. The first kappa shape index (κ1) is 13.0. The zero-order valence-corrected chi connectivity index (χ0v) is 10.9. The zero-order valence-electron chi connectivity index (χ0n) is 10.9. The highest BCUT2D eigenvalue weighted by Gasteiger charge is 1.95. The maximum Gasteiger partial charge on any atom is 0.0886 e. The Morgan fingerprint density at radius 1 is 0.579 bits per heavy atom. The Balaban J connectivity index is 0.000000163. The van der Waals surface area contributed by atoms with E-state index in [2.05, 4.69) is 29.0 Å². The summed E-state index contributed by atoms with van der Waals surface area (Å²) in [6.07, 6.45) is 3.54. The molecule has 2 heterocycles. The van der Waals surface area contributed by atoms with Crippen LogP contribution in [0.3, 0.4) is 0 Å². The monoisotopic (exact) mass is 248 g/mol. The molecule has 0 amide bonds. The van der Waals surface area contributed by atoms with E-state index >= 15 is 0 Å². The SMILES string of the molecule is Cc1ccccc1.c1ccc(-c2ccccn2)nc1. The van der Waals surface area contributed by atoms with E-state index in [1.807, 2.05) is 54.6 Å². The molecule has 3 aromatic rings. The second-order valence-electron chi connectivity index (χ2n) is 4.08. The van der Waals surface area contributed by atoms with Crippen molar-refractivity contribution in [1.29, 1.82) is 0 Å². The number of aryl methyl sites for hydroxylation is 1. The Morgan fingerprint density at radius 2 is 1.05 bits per heavy atom. The van der Waals surface area contributed by atoms with Crippen LogP contribution in [0.2, 0.25) is 0 Å². The lowest BCUT2D eigenvalue weighted by Gasteiger charge is -1.96. The Bertz CT molecular complexity index is 540. The van der Waals surface area contributed by atoms with Crippen LogP contribution in [0.1, 0.15) is 5.56 Å². The maximum atomic E-state index is 4.19. The van der Waals surface area contributed by atoms with Crippen LogP contribution in [0.4, 0.5) is 0 Å². The molecule has 94 valence electrons. The predicted molar refractivity (Wildman–Crippen MR) is 78.6 cm³/mol. The minimum absolute atomic E-state index is 0.915. The summed E-state index contributed by atoms with van der Waals surface area (Å²) in [7, 11) is 0. The number of nitrogens with zero attached hydrogens (tertiary/aromatic N) is 2. The van der Waals surface area contributed by atoms with Crippen LogP contribution in [0.5, 0.6) is 0 Å². The van der Waals surface area contributed by atoms with Crippen molar-refractivity contribution in [2.45, 2.75) is 6.92 Å². The summed E-state index contributed by atoms with van der Waals surface area (Å²) < 4.78 is 0. The lowest BCUT2D eigenvalue weighted by molar-refractivity contribution is 1.25. The van der Waals surface area contributed by atoms with Crippen LogP contribution >= 0.6 is 0 Å². The van der Waals surface area contributed by atoms with Crippen molar-refractivity contribution in [2.24, 2.45) is 0 Å². The molecular formula is C17H16N2. The number of hydrogen-bond acceptors (Lipinski definition) is 2. The van der Waals surface area contributed by atoms with Gasteiger partial charge in [0.15, 0.2) is 0 Å². The topological polar surface area (TPSA) is 25.8 Å². The molecule has 2 aromatic heterocycles. The summed E-state index contributed by atoms with van der Waals surface area (Å²) in [4.78, 5) is 8.37. The van der Waals surface area contributed by atoms with Crippen molar-refractivity contribution in [3.8, 4) is 11.4 Å². The smallest absolute Gasteiger partial charge is 0.0886 e. The number of rotatable bonds is 1. The molecular weight excluding hydrogens is 232 g/mol. The first-order valence-corrected chi connectivity index (χ1v) is 6.20. The summed E-state index contributed by atoms with van der Waals surface area (Å²) >= 11 is 0. The largest absolute Gasteiger partial charge is 0.255 e. The fourth-order valence-electron chi connectivity index (χ4n) is 1.56. The van der Waals surface area contributed by atoms with Crippen molar-refractivity contribution in [3.05, 3.63) is 84.7 Å². The van der Waals surface area contributed by atoms with E-state index in [9.17, 15) is 0 Å². The van der Waals surface area contributed by atoms with Gasteiger partial charge in [0.25, 0.3) is 0 Å². The van der Waals surface area contributed by atoms with Crippen LogP contribution in [-0.4, -0.2) is 9.97 Å². The van der Waals surface area contributed by atoms with Gasteiger partial charge < -0.3 is 0 Å². The van der Waals surface area contributed by atoms with E-state index in [0.29, 0.717) is 0 Å². The summed E-state index contributed by atoms with van der Waals surface area (Å²) in [6, 6.07) is 21.9. The van der Waals surface area contributed by atoms with Gasteiger partial charge in [0.05, 0.1) is 11.4 Å². The third kappa shape index (κ3) is 4.36. The zero-order chi connectivity index (χ0) is 13.3. The minimum Gasteiger partial charge on any atom is -0.255 e. The molecule has 2 heteroatoms. The van der Waals surface area contributed by atoms with Crippen molar-refractivity contribution < 1.29 is 0 Å². The Kier molecular flexibility index (Phi) is 4.82. The van der Waals surface area contributed by atoms with Gasteiger partial charge in [0.1, 0.15) is 0 Å². The first-order valence-electron chi connectivity index (χ1n) is 6.20. The van der Waals surface area contributed by atoms with Gasteiger partial charge in [-0.1, -0.05) is 48.0 Å². The first-order chi connectivity index (χ1) is 9.36. The molecule has 0 fully saturated rings. The van der Waals surface area contributed by atoms with Gasteiger partial charge in [-0.15, -0.1) is 0 Å². The highest BCUT2D eigenvalue weighted by molar-refractivity contribution is 5.52. The molecule has 0 bridgehead atoms. The molecule has 0 aliphatic heterocycles. The average molecular weight is 248 g/mol. The van der Waals surface area contributed by atoms with Crippen LogP contribution in [0.15, 0.2) is 79.1 Å². The van der Waals surface area contributed by atoms with E-state index in [1.54, 1.807) is 12.4 Å². The van der Waals surface area contributed by atoms with Crippen LogP contribution in [0.25, 0.3) is 11.4 Å². The number of hydrogen-bond donors (Lipinski definition) is 0. The van der Waals surface area contributed by atoms with Gasteiger partial charge in [-0.2, -0.15) is 0 Å². The molecule has 0 unspecified atom stereocenters. The second kappa shape index (κ2) is 7.07. The van der Waals surface area contributed by atoms with E-state index in [4.69, 9.17) is 0 Å². The summed E-state index contributed by atoms with van der Waals surface area (Å²) in [6.45, 7) is 2.08. The minimum atomic E-state index is 0.915. The molecule has 19 heavy (non-hydrogen) atoms. The maximum absolute atomic E-state index is 4.19. The Labute approximate surface area is 113 Å². The van der Waals surface area contributed by atoms with Crippen molar-refractivity contribution in [1.82, 2.24) is 9.97 Å². The second-order valence-corrected chi connectivity index (χ2v) is 4.08. The molecule has 0 saturated heterocycles. The summed E-state index contributed by atoms with van der Waals surface area (Å²) in [5.41, 5.74) is 3.15. The van der Waals surface area contributed by atoms with Gasteiger partial charge in [-0.05, 0) is 31.2 Å². The lowest BCUT2D eigenvalue weighted by Crippen LogP contribution is -1.83. The van der Waals surface area contributed by atoms with Gasteiger partial charge >= 0.3 is 0 Å². The highest BCUT2D eigenvalue weighted by atomic mass is 14.7. The Morgan fingerprint density at radius 3 is 1.37 bits per heavy atom. The van der Waals surface area contributed by atoms with Crippen LogP contribution < -0.4 is 0 Å². The molecule has 0 aliphatic rings. The van der Waals surface area contributed by atoms with E-state index in [0.717, 1.165) is 11.4 Å². The fourth-order valence-corrected chi connectivity index (χ4v) is 1.56. The van der Waals surface area contributed by atoms with Crippen LogP contribution in [0, 0.1) is 6.92 Å². The molecule has 1 aromatic carbocycles. The highest BCUT2D eigenvalue weighted by Crippen LogP contribution is 2.10. The fraction of sp³-hybridized carbons (Fsp3) is 0.0588. The molecule has 0 N–H and O–H groups in total. The van der Waals surface area contributed by atoms with Gasteiger partial charge in [0, 0.05) is 12.4 Å². The molecule has 0 radical (unpaired) electrons. The molecule has 3 rings (SSSR count). The summed E-state index contributed by atoms with van der Waals surface area (Å²) in [5.74, 6) is 0. The van der Waals surface area contributed by atoms with E-state index in [-0.39, 0.29) is 0 Å². The molecule has 0 spiro atoms. The standard InChI is InChI=1S/C10H8N2.C7H8/c1-3-7-11-9(5-1)10-6-2-4-8-12-10;1-7-5-3-2-4-6-7/h1-8H;2-6H,1H3. The lowest BCUT2D eigenvalue weighted by atomic mass is 10.2. The van der Waals surface area contributed by atoms with Gasteiger partial charge in [-0.25, -0.2) is 0 Å². The van der Waals surface area contributed by atoms with Crippen molar-refractivity contribution in [3.63, 3.8) is 0 Å². The Hall–Kier alpha value is -2.48. The van der Waals surface area contributed by atoms with E-state index < -0.39 is 0 Å². The molecule has 2 nitrogen and oxygen atoms in total. The molecule has 0 saturated carbocycles. The summed E-state index contributed by atoms with van der Waals surface area (Å²) in [5, 5.41) is 0. The van der Waals surface area contributed by atoms with Crippen molar-refractivity contribution in [2.75, 3.05) is 0 Å². The average Bonchev–Trinajstić information content (AvgIpc) is 2.51.